The van der Waals surface area contributed by atoms with Gasteiger partial charge in [-0.3, -0.25) is 14.8 Å². The number of rotatable bonds is 2. The third-order valence-corrected chi connectivity index (χ3v) is 1.95. The molecule has 0 aliphatic carbocycles. The van der Waals surface area contributed by atoms with Crippen LogP contribution in [-0.4, -0.2) is 25.0 Å². The summed E-state index contributed by atoms with van der Waals surface area (Å²) in [6.07, 6.45) is 0. The van der Waals surface area contributed by atoms with E-state index in [0.717, 1.165) is 0 Å². The molecule has 0 amide bonds. The molecular formula is C8H11N5O2. The van der Waals surface area contributed by atoms with Gasteiger partial charge in [0.25, 0.3) is 5.56 Å². The van der Waals surface area contributed by atoms with Crippen molar-refractivity contribution in [3.8, 4) is 0 Å². The number of nitrogens with zero attached hydrogens (tertiary/aromatic N) is 3. The highest BCUT2D eigenvalue weighted by Gasteiger charge is 2.09. The van der Waals surface area contributed by atoms with Crippen molar-refractivity contribution in [3.05, 3.63) is 20.8 Å². The van der Waals surface area contributed by atoms with Crippen molar-refractivity contribution in [3.63, 3.8) is 0 Å². The summed E-state index contributed by atoms with van der Waals surface area (Å²) in [5, 5.41) is 7.53. The number of fused-ring (bicyclic) bond motifs is 1. The van der Waals surface area contributed by atoms with Crippen LogP contribution in [0.3, 0.4) is 0 Å². The summed E-state index contributed by atoms with van der Waals surface area (Å²) in [5.74, 6) is 0.359. The van der Waals surface area contributed by atoms with Crippen LogP contribution < -0.4 is 11.2 Å². The molecule has 7 nitrogen and oxygen atoms in total. The number of aromatic nitrogens is 5. The molecule has 7 heteroatoms. The molecule has 2 aromatic rings. The average Bonchev–Trinajstić information content (AvgIpc) is 2.48. The number of hydrogen-bond donors (Lipinski definition) is 2. The number of hydrogen-bond acceptors (Lipinski definition) is 4. The lowest BCUT2D eigenvalue weighted by Crippen LogP contribution is -2.22. The van der Waals surface area contributed by atoms with Gasteiger partial charge < -0.3 is 0 Å². The highest BCUT2D eigenvalue weighted by Crippen LogP contribution is 2.03. The van der Waals surface area contributed by atoms with Crippen molar-refractivity contribution in [2.45, 2.75) is 20.4 Å². The fraction of sp³-hybridized carbons (Fsp3) is 0.500. The van der Waals surface area contributed by atoms with E-state index in [2.05, 4.69) is 20.3 Å². The fourth-order valence-electron chi connectivity index (χ4n) is 1.36. The van der Waals surface area contributed by atoms with Crippen molar-refractivity contribution in [1.82, 2.24) is 25.0 Å². The van der Waals surface area contributed by atoms with Gasteiger partial charge in [0.15, 0.2) is 11.2 Å². The summed E-state index contributed by atoms with van der Waals surface area (Å²) in [7, 11) is 0. The molecule has 0 aliphatic heterocycles. The molecule has 0 bridgehead atoms. The van der Waals surface area contributed by atoms with Gasteiger partial charge in [-0.15, -0.1) is 5.10 Å². The Kier molecular flexibility index (Phi) is 2.14. The van der Waals surface area contributed by atoms with E-state index >= 15 is 0 Å². The van der Waals surface area contributed by atoms with Gasteiger partial charge in [0.05, 0.1) is 0 Å². The molecule has 0 saturated carbocycles. The summed E-state index contributed by atoms with van der Waals surface area (Å²) in [5.41, 5.74) is -0.517. The third kappa shape index (κ3) is 1.67. The lowest BCUT2D eigenvalue weighted by molar-refractivity contribution is 0.480. The van der Waals surface area contributed by atoms with Crippen molar-refractivity contribution in [2.24, 2.45) is 5.92 Å². The van der Waals surface area contributed by atoms with Crippen LogP contribution in [-0.2, 0) is 6.54 Å². The zero-order valence-electron chi connectivity index (χ0n) is 8.44. The van der Waals surface area contributed by atoms with Crippen molar-refractivity contribution >= 4 is 11.2 Å². The van der Waals surface area contributed by atoms with Gasteiger partial charge in [0, 0.05) is 6.54 Å². The van der Waals surface area contributed by atoms with Gasteiger partial charge in [-0.1, -0.05) is 19.1 Å². The monoisotopic (exact) mass is 209 g/mol. The molecule has 0 saturated heterocycles. The van der Waals surface area contributed by atoms with Gasteiger partial charge in [0.2, 0.25) is 0 Å². The molecule has 0 radical (unpaired) electrons. The van der Waals surface area contributed by atoms with E-state index in [1.807, 2.05) is 13.8 Å². The molecule has 80 valence electrons. The van der Waals surface area contributed by atoms with Crippen LogP contribution in [0.4, 0.5) is 0 Å². The maximum atomic E-state index is 11.3. The first-order chi connectivity index (χ1) is 7.08. The summed E-state index contributed by atoms with van der Waals surface area (Å²) in [4.78, 5) is 27.0. The Morgan fingerprint density at radius 2 is 2.07 bits per heavy atom. The third-order valence-electron chi connectivity index (χ3n) is 1.95. The van der Waals surface area contributed by atoms with Crippen LogP contribution in [0.1, 0.15) is 13.8 Å². The van der Waals surface area contributed by atoms with E-state index in [-0.39, 0.29) is 5.52 Å². The predicted octanol–water partition coefficient (Wildman–Crippen LogP) is -0.536. The topological polar surface area (TPSA) is 96.4 Å². The van der Waals surface area contributed by atoms with E-state index in [9.17, 15) is 9.59 Å². The Hall–Kier alpha value is -1.92. The molecule has 2 N–H and O–H groups in total. The summed E-state index contributed by atoms with van der Waals surface area (Å²) >= 11 is 0. The molecule has 2 rings (SSSR count). The Morgan fingerprint density at radius 3 is 2.73 bits per heavy atom. The maximum Gasteiger partial charge on any atom is 0.327 e. The van der Waals surface area contributed by atoms with Crippen molar-refractivity contribution in [1.29, 1.82) is 0 Å². The molecule has 15 heavy (non-hydrogen) atoms. The highest BCUT2D eigenvalue weighted by atomic mass is 16.2. The average molecular weight is 209 g/mol. The van der Waals surface area contributed by atoms with E-state index in [0.29, 0.717) is 18.1 Å². The lowest BCUT2D eigenvalue weighted by Gasteiger charge is -2.03. The van der Waals surface area contributed by atoms with Crippen molar-refractivity contribution in [2.75, 3.05) is 0 Å². The largest absolute Gasteiger partial charge is 0.327 e. The first-order valence-electron chi connectivity index (χ1n) is 4.63. The van der Waals surface area contributed by atoms with Crippen LogP contribution >= 0.6 is 0 Å². The van der Waals surface area contributed by atoms with Gasteiger partial charge in [-0.05, 0) is 5.92 Å². The number of aromatic amines is 2. The second-order valence-corrected chi connectivity index (χ2v) is 3.77. The fourth-order valence-corrected chi connectivity index (χ4v) is 1.36. The Bertz CT molecular complexity index is 591. The minimum absolute atomic E-state index is 0.162. The molecule has 2 aromatic heterocycles. The first-order valence-corrected chi connectivity index (χ1v) is 4.63. The molecule has 0 spiro atoms. The zero-order valence-corrected chi connectivity index (χ0v) is 8.44. The number of H-pyrrole nitrogens is 2. The molecule has 0 atom stereocenters. The van der Waals surface area contributed by atoms with Gasteiger partial charge in [-0.2, -0.15) is 0 Å². The summed E-state index contributed by atoms with van der Waals surface area (Å²) in [6, 6.07) is 0. The molecule has 0 fully saturated rings. The summed E-state index contributed by atoms with van der Waals surface area (Å²) < 4.78 is 1.52. The van der Waals surface area contributed by atoms with Gasteiger partial charge in [-0.25, -0.2) is 9.48 Å². The van der Waals surface area contributed by atoms with Crippen LogP contribution in [0.15, 0.2) is 9.59 Å². The normalized spacial score (nSPS) is 11.4. The quantitative estimate of drug-likeness (QED) is 0.694. The maximum absolute atomic E-state index is 11.3. The Balaban J connectivity index is 2.69. The van der Waals surface area contributed by atoms with Crippen LogP contribution in [0.5, 0.6) is 0 Å². The zero-order chi connectivity index (χ0) is 11.0. The van der Waals surface area contributed by atoms with Crippen LogP contribution in [0.2, 0.25) is 0 Å². The van der Waals surface area contributed by atoms with Gasteiger partial charge in [0.1, 0.15) is 0 Å². The van der Waals surface area contributed by atoms with Crippen molar-refractivity contribution < 1.29 is 0 Å². The molecular weight excluding hydrogens is 198 g/mol. The predicted molar refractivity (Wildman–Crippen MR) is 53.6 cm³/mol. The minimum atomic E-state index is -0.542. The van der Waals surface area contributed by atoms with E-state index in [4.69, 9.17) is 0 Å². The standard InChI is InChI=1S/C8H11N5O2/c1-4(2)3-13-6-5(11-12-13)7(14)10-8(15)9-6/h4H,3H2,1-2H3,(H2,9,10,14,15). The Morgan fingerprint density at radius 1 is 1.33 bits per heavy atom. The lowest BCUT2D eigenvalue weighted by atomic mass is 10.2. The first kappa shape index (κ1) is 9.63. The minimum Gasteiger partial charge on any atom is -0.290 e. The molecule has 0 aliphatic rings. The highest BCUT2D eigenvalue weighted by molar-refractivity contribution is 5.67. The van der Waals surface area contributed by atoms with Crippen LogP contribution in [0.25, 0.3) is 11.2 Å². The van der Waals surface area contributed by atoms with E-state index in [1.54, 1.807) is 0 Å². The van der Waals surface area contributed by atoms with Crippen LogP contribution in [0, 0.1) is 5.92 Å². The number of nitrogens with one attached hydrogen (secondary N) is 2. The SMILES string of the molecule is CC(C)Cn1nnc2c(=O)[nH]c(=O)[nH]c21. The molecule has 0 unspecified atom stereocenters. The smallest absolute Gasteiger partial charge is 0.290 e. The second kappa shape index (κ2) is 3.34. The van der Waals surface area contributed by atoms with E-state index in [1.165, 1.54) is 4.68 Å². The van der Waals surface area contributed by atoms with Gasteiger partial charge >= 0.3 is 5.69 Å². The summed E-state index contributed by atoms with van der Waals surface area (Å²) in [6.45, 7) is 4.63. The second-order valence-electron chi connectivity index (χ2n) is 3.77. The molecule has 2 heterocycles. The molecule has 0 aromatic carbocycles. The Labute approximate surface area is 84.1 Å². The van der Waals surface area contributed by atoms with E-state index < -0.39 is 11.2 Å².